The molecule has 0 aromatic carbocycles. The highest BCUT2D eigenvalue weighted by Crippen LogP contribution is 2.30. The van der Waals surface area contributed by atoms with Crippen LogP contribution in [-0.2, 0) is 0 Å². The Labute approximate surface area is 93.8 Å². The molecule has 2 heteroatoms. The Hall–Kier alpha value is -0.530. The standard InChI is InChI=1S/C12H20N.ClH/c1-5-12(11-13(2,3)4)9-7-6-8-10-12;/h5-9H,1,10-11H2,2-4H3;1H/q+1;/p-1. The summed E-state index contributed by atoms with van der Waals surface area (Å²) in [6, 6.07) is 0. The van der Waals surface area contributed by atoms with Gasteiger partial charge in [0, 0.05) is 0 Å². The summed E-state index contributed by atoms with van der Waals surface area (Å²) in [4.78, 5) is 0. The number of rotatable bonds is 3. The molecule has 1 unspecified atom stereocenters. The maximum absolute atomic E-state index is 3.95. The lowest BCUT2D eigenvalue weighted by atomic mass is 9.81. The minimum atomic E-state index is 0. The monoisotopic (exact) mass is 213 g/mol. The molecular formula is C12H20ClN. The average molecular weight is 214 g/mol. The summed E-state index contributed by atoms with van der Waals surface area (Å²) in [5.41, 5.74) is 0.174. The van der Waals surface area contributed by atoms with Gasteiger partial charge in [0.15, 0.2) is 0 Å². The number of quaternary nitrogens is 1. The van der Waals surface area contributed by atoms with E-state index < -0.39 is 0 Å². The number of halogens is 1. The molecule has 0 amide bonds. The number of hydrogen-bond donors (Lipinski definition) is 0. The molecule has 1 atom stereocenters. The molecular weight excluding hydrogens is 194 g/mol. The Bertz CT molecular complexity index is 248. The maximum Gasteiger partial charge on any atom is 0.0911 e. The fraction of sp³-hybridized carbons (Fsp3) is 0.500. The highest BCUT2D eigenvalue weighted by atomic mass is 35.5. The van der Waals surface area contributed by atoms with Crippen LogP contribution in [0.25, 0.3) is 0 Å². The largest absolute Gasteiger partial charge is 1.00 e. The van der Waals surface area contributed by atoms with Gasteiger partial charge in [-0.15, -0.1) is 6.58 Å². The summed E-state index contributed by atoms with van der Waals surface area (Å²) in [5.74, 6) is 0. The van der Waals surface area contributed by atoms with Crippen molar-refractivity contribution in [2.75, 3.05) is 27.7 Å². The Morgan fingerprint density at radius 2 is 2.00 bits per heavy atom. The number of nitrogens with zero attached hydrogens (tertiary/aromatic N) is 1. The molecule has 0 saturated carbocycles. The molecule has 0 saturated heterocycles. The first kappa shape index (κ1) is 13.5. The summed E-state index contributed by atoms with van der Waals surface area (Å²) >= 11 is 0. The van der Waals surface area contributed by atoms with Gasteiger partial charge < -0.3 is 16.9 Å². The van der Waals surface area contributed by atoms with Crippen molar-refractivity contribution < 1.29 is 16.9 Å². The van der Waals surface area contributed by atoms with Crippen LogP contribution in [0.4, 0.5) is 0 Å². The van der Waals surface area contributed by atoms with Crippen LogP contribution in [0.15, 0.2) is 37.0 Å². The van der Waals surface area contributed by atoms with Gasteiger partial charge in [-0.3, -0.25) is 0 Å². The molecule has 80 valence electrons. The van der Waals surface area contributed by atoms with Gasteiger partial charge >= 0.3 is 0 Å². The molecule has 1 aliphatic carbocycles. The van der Waals surface area contributed by atoms with Gasteiger partial charge in [0.25, 0.3) is 0 Å². The fourth-order valence-electron chi connectivity index (χ4n) is 1.90. The van der Waals surface area contributed by atoms with E-state index in [1.165, 1.54) is 0 Å². The predicted octanol–water partition coefficient (Wildman–Crippen LogP) is -0.615. The van der Waals surface area contributed by atoms with E-state index in [2.05, 4.69) is 58.1 Å². The Morgan fingerprint density at radius 3 is 2.36 bits per heavy atom. The van der Waals surface area contributed by atoms with Crippen LogP contribution >= 0.6 is 0 Å². The zero-order valence-electron chi connectivity index (χ0n) is 9.33. The maximum atomic E-state index is 3.95. The van der Waals surface area contributed by atoms with Crippen LogP contribution in [0.5, 0.6) is 0 Å². The highest BCUT2D eigenvalue weighted by molar-refractivity contribution is 5.21. The zero-order chi connectivity index (χ0) is 9.95. The Morgan fingerprint density at radius 1 is 1.36 bits per heavy atom. The smallest absolute Gasteiger partial charge is 0.0911 e. The summed E-state index contributed by atoms with van der Waals surface area (Å²) in [6.07, 6.45) is 11.9. The van der Waals surface area contributed by atoms with Crippen LogP contribution in [0.2, 0.25) is 0 Å². The number of hydrogen-bond acceptors (Lipinski definition) is 0. The highest BCUT2D eigenvalue weighted by Gasteiger charge is 2.29. The summed E-state index contributed by atoms with van der Waals surface area (Å²) in [5, 5.41) is 0. The molecule has 0 aliphatic heterocycles. The summed E-state index contributed by atoms with van der Waals surface area (Å²) < 4.78 is 0.976. The average Bonchev–Trinajstić information content (AvgIpc) is 2.03. The van der Waals surface area contributed by atoms with Crippen molar-refractivity contribution in [2.45, 2.75) is 6.42 Å². The Kier molecular flexibility index (Phi) is 4.63. The van der Waals surface area contributed by atoms with Crippen LogP contribution in [0.1, 0.15) is 6.42 Å². The van der Waals surface area contributed by atoms with Gasteiger partial charge in [-0.05, 0) is 6.42 Å². The third-order valence-electron chi connectivity index (χ3n) is 2.35. The van der Waals surface area contributed by atoms with E-state index in [1.54, 1.807) is 0 Å². The van der Waals surface area contributed by atoms with Crippen LogP contribution in [0, 0.1) is 5.41 Å². The van der Waals surface area contributed by atoms with Crippen molar-refractivity contribution in [3.63, 3.8) is 0 Å². The van der Waals surface area contributed by atoms with Gasteiger partial charge in [-0.2, -0.15) is 0 Å². The van der Waals surface area contributed by atoms with Crippen molar-refractivity contribution >= 4 is 0 Å². The van der Waals surface area contributed by atoms with Crippen LogP contribution < -0.4 is 12.4 Å². The minimum Gasteiger partial charge on any atom is -1.00 e. The topological polar surface area (TPSA) is 0 Å². The van der Waals surface area contributed by atoms with Crippen LogP contribution in [0.3, 0.4) is 0 Å². The summed E-state index contributed by atoms with van der Waals surface area (Å²) in [7, 11) is 6.66. The lowest BCUT2D eigenvalue weighted by Gasteiger charge is -2.35. The third-order valence-corrected chi connectivity index (χ3v) is 2.35. The predicted molar refractivity (Wildman–Crippen MR) is 58.4 cm³/mol. The normalized spacial score (nSPS) is 25.6. The molecule has 0 spiro atoms. The molecule has 0 aromatic heterocycles. The molecule has 0 bridgehead atoms. The molecule has 0 fully saturated rings. The van der Waals surface area contributed by atoms with Gasteiger partial charge in [0.1, 0.15) is 0 Å². The molecule has 1 aliphatic rings. The SMILES string of the molecule is C=CC1(C[N+](C)(C)C)C=CC=CC1.[Cl-]. The Balaban J connectivity index is 0.00000169. The van der Waals surface area contributed by atoms with E-state index >= 15 is 0 Å². The van der Waals surface area contributed by atoms with Crippen molar-refractivity contribution in [1.29, 1.82) is 0 Å². The van der Waals surface area contributed by atoms with E-state index in [4.69, 9.17) is 0 Å². The minimum absolute atomic E-state index is 0. The van der Waals surface area contributed by atoms with Gasteiger partial charge in [0.2, 0.25) is 0 Å². The van der Waals surface area contributed by atoms with Gasteiger partial charge in [-0.25, -0.2) is 0 Å². The molecule has 1 nitrogen and oxygen atoms in total. The van der Waals surface area contributed by atoms with E-state index in [0.717, 1.165) is 17.4 Å². The first-order valence-electron chi connectivity index (χ1n) is 4.76. The lowest BCUT2D eigenvalue weighted by molar-refractivity contribution is -0.875. The zero-order valence-corrected chi connectivity index (χ0v) is 10.1. The molecule has 0 aromatic rings. The summed E-state index contributed by atoms with van der Waals surface area (Å²) in [6.45, 7) is 5.05. The fourth-order valence-corrected chi connectivity index (χ4v) is 1.90. The van der Waals surface area contributed by atoms with E-state index in [9.17, 15) is 0 Å². The van der Waals surface area contributed by atoms with E-state index in [-0.39, 0.29) is 17.8 Å². The van der Waals surface area contributed by atoms with E-state index in [0.29, 0.717) is 0 Å². The van der Waals surface area contributed by atoms with Crippen molar-refractivity contribution in [2.24, 2.45) is 5.41 Å². The second-order valence-electron chi connectivity index (χ2n) is 4.88. The third kappa shape index (κ3) is 3.69. The molecule has 1 rings (SSSR count). The first-order chi connectivity index (χ1) is 5.97. The molecule has 0 radical (unpaired) electrons. The first-order valence-corrected chi connectivity index (χ1v) is 4.76. The molecule has 0 heterocycles. The van der Waals surface area contributed by atoms with Crippen molar-refractivity contribution in [3.8, 4) is 0 Å². The van der Waals surface area contributed by atoms with Gasteiger partial charge in [0.05, 0.1) is 33.1 Å². The molecule has 0 N–H and O–H groups in total. The second-order valence-corrected chi connectivity index (χ2v) is 4.88. The van der Waals surface area contributed by atoms with Crippen molar-refractivity contribution in [1.82, 2.24) is 0 Å². The van der Waals surface area contributed by atoms with Crippen molar-refractivity contribution in [3.05, 3.63) is 37.0 Å². The van der Waals surface area contributed by atoms with E-state index in [1.807, 2.05) is 0 Å². The number of allylic oxidation sites excluding steroid dienone is 3. The lowest BCUT2D eigenvalue weighted by Crippen LogP contribution is -3.00. The van der Waals surface area contributed by atoms with Crippen LogP contribution in [-0.4, -0.2) is 32.2 Å². The quantitative estimate of drug-likeness (QED) is 0.434. The second kappa shape index (κ2) is 4.81. The molecule has 14 heavy (non-hydrogen) atoms. The van der Waals surface area contributed by atoms with Gasteiger partial charge in [-0.1, -0.05) is 30.4 Å².